The van der Waals surface area contributed by atoms with Gasteiger partial charge in [0.05, 0.1) is 18.1 Å². The van der Waals surface area contributed by atoms with Crippen molar-refractivity contribution >= 4 is 35.0 Å². The van der Waals surface area contributed by atoms with Crippen LogP contribution in [0.3, 0.4) is 0 Å². The van der Waals surface area contributed by atoms with E-state index < -0.39 is 0 Å². The number of aromatic nitrogens is 2. The molecule has 2 rings (SSSR count). The molecular weight excluding hydrogens is 263 g/mol. The zero-order valence-corrected chi connectivity index (χ0v) is 10.6. The molecule has 0 spiro atoms. The van der Waals surface area contributed by atoms with E-state index in [9.17, 15) is 0 Å². The molecule has 2 nitrogen and oxygen atoms in total. The summed E-state index contributed by atoms with van der Waals surface area (Å²) in [5.74, 6) is 0.754. The van der Waals surface area contributed by atoms with Crippen LogP contribution in [-0.2, 0) is 5.75 Å². The van der Waals surface area contributed by atoms with Gasteiger partial charge in [-0.1, -0.05) is 29.3 Å². The van der Waals surface area contributed by atoms with Gasteiger partial charge in [0, 0.05) is 15.7 Å². The number of rotatable bonds is 3. The van der Waals surface area contributed by atoms with Gasteiger partial charge < -0.3 is 0 Å². The highest BCUT2D eigenvalue weighted by atomic mass is 35.5. The van der Waals surface area contributed by atoms with Crippen LogP contribution in [0, 0.1) is 0 Å². The largest absolute Gasteiger partial charge is 0.256 e. The van der Waals surface area contributed by atoms with Crippen molar-refractivity contribution in [3.8, 4) is 0 Å². The normalized spacial score (nSPS) is 10.4. The van der Waals surface area contributed by atoms with Crippen LogP contribution in [-0.4, -0.2) is 9.97 Å². The van der Waals surface area contributed by atoms with E-state index in [0.29, 0.717) is 5.15 Å². The second-order valence-electron chi connectivity index (χ2n) is 3.08. The predicted octanol–water partition coefficient (Wildman–Crippen LogP) is 4.08. The Kier molecular flexibility index (Phi) is 4.04. The second-order valence-corrected chi connectivity index (χ2v) is 4.95. The van der Waals surface area contributed by atoms with Crippen molar-refractivity contribution in [3.63, 3.8) is 0 Å². The highest BCUT2D eigenvalue weighted by Gasteiger charge is 1.99. The van der Waals surface area contributed by atoms with Crippen LogP contribution < -0.4 is 0 Å². The van der Waals surface area contributed by atoms with E-state index in [2.05, 4.69) is 9.97 Å². The Labute approximate surface area is 108 Å². The van der Waals surface area contributed by atoms with Crippen molar-refractivity contribution in [1.29, 1.82) is 0 Å². The summed E-state index contributed by atoms with van der Waals surface area (Å²) < 4.78 is 0. The lowest BCUT2D eigenvalue weighted by atomic mass is 10.4. The summed E-state index contributed by atoms with van der Waals surface area (Å²) in [4.78, 5) is 9.26. The molecule has 0 aliphatic rings. The molecule has 0 aliphatic heterocycles. The molecule has 2 aromatic rings. The van der Waals surface area contributed by atoms with Crippen LogP contribution in [0.2, 0.25) is 10.2 Å². The Morgan fingerprint density at radius 2 is 2.00 bits per heavy atom. The fourth-order valence-electron chi connectivity index (χ4n) is 1.13. The van der Waals surface area contributed by atoms with Crippen molar-refractivity contribution < 1.29 is 0 Å². The lowest BCUT2D eigenvalue weighted by molar-refractivity contribution is 1.10. The van der Waals surface area contributed by atoms with Crippen molar-refractivity contribution in [2.75, 3.05) is 0 Å². The van der Waals surface area contributed by atoms with Gasteiger partial charge in [0.15, 0.2) is 0 Å². The lowest BCUT2D eigenvalue weighted by Crippen LogP contribution is -1.88. The fourth-order valence-corrected chi connectivity index (χ4v) is 2.33. The summed E-state index contributed by atoms with van der Waals surface area (Å²) in [6, 6.07) is 7.72. The van der Waals surface area contributed by atoms with Gasteiger partial charge in [-0.2, -0.15) is 0 Å². The van der Waals surface area contributed by atoms with E-state index in [1.54, 1.807) is 24.2 Å². The maximum Gasteiger partial charge on any atom is 0.147 e. The summed E-state index contributed by atoms with van der Waals surface area (Å²) in [6.07, 6.45) is 3.23. The van der Waals surface area contributed by atoms with Gasteiger partial charge in [0.25, 0.3) is 0 Å². The number of benzene rings is 1. The van der Waals surface area contributed by atoms with Crippen LogP contribution in [0.15, 0.2) is 41.6 Å². The smallest absolute Gasteiger partial charge is 0.147 e. The van der Waals surface area contributed by atoms with E-state index in [-0.39, 0.29) is 0 Å². The summed E-state index contributed by atoms with van der Waals surface area (Å²) in [5.41, 5.74) is 0.898. The molecule has 1 heterocycles. The van der Waals surface area contributed by atoms with Crippen molar-refractivity contribution in [1.82, 2.24) is 9.97 Å². The first-order valence-electron chi connectivity index (χ1n) is 4.59. The molecular formula is C11H8Cl2N2S. The van der Waals surface area contributed by atoms with Gasteiger partial charge in [-0.25, -0.2) is 4.98 Å². The minimum atomic E-state index is 0.413. The summed E-state index contributed by atoms with van der Waals surface area (Å²) >= 11 is 13.2. The van der Waals surface area contributed by atoms with Gasteiger partial charge in [0.1, 0.15) is 5.15 Å². The maximum absolute atomic E-state index is 5.89. The molecule has 5 heteroatoms. The second kappa shape index (κ2) is 5.53. The highest BCUT2D eigenvalue weighted by Crippen LogP contribution is 2.24. The molecule has 0 fully saturated rings. The standard InChI is InChI=1S/C11H8Cl2N2S/c12-8-2-1-3-10(4-8)16-7-9-5-15-11(13)6-14-9/h1-6H,7H2. The van der Waals surface area contributed by atoms with E-state index in [4.69, 9.17) is 23.2 Å². The Bertz CT molecular complexity index is 474. The molecule has 16 heavy (non-hydrogen) atoms. The van der Waals surface area contributed by atoms with Crippen molar-refractivity contribution in [2.24, 2.45) is 0 Å². The molecule has 0 N–H and O–H groups in total. The predicted molar refractivity (Wildman–Crippen MR) is 68.1 cm³/mol. The van der Waals surface area contributed by atoms with Gasteiger partial charge in [-0.3, -0.25) is 4.98 Å². The first-order valence-corrected chi connectivity index (χ1v) is 6.33. The van der Waals surface area contributed by atoms with Gasteiger partial charge >= 0.3 is 0 Å². The zero-order chi connectivity index (χ0) is 11.4. The van der Waals surface area contributed by atoms with Crippen molar-refractivity contribution in [3.05, 3.63) is 52.5 Å². The third kappa shape index (κ3) is 3.37. The van der Waals surface area contributed by atoms with Crippen molar-refractivity contribution in [2.45, 2.75) is 10.6 Å². The highest BCUT2D eigenvalue weighted by molar-refractivity contribution is 7.98. The minimum absolute atomic E-state index is 0.413. The average Bonchev–Trinajstić information content (AvgIpc) is 2.28. The number of nitrogens with zero attached hydrogens (tertiary/aromatic N) is 2. The molecule has 0 saturated heterocycles. The van der Waals surface area contributed by atoms with E-state index in [1.807, 2.05) is 24.3 Å². The molecule has 0 bridgehead atoms. The van der Waals surface area contributed by atoms with Crippen LogP contribution in [0.5, 0.6) is 0 Å². The molecule has 82 valence electrons. The SMILES string of the molecule is Clc1cccc(SCc2cnc(Cl)cn2)c1. The molecule has 0 saturated carbocycles. The molecule has 0 aliphatic carbocycles. The van der Waals surface area contributed by atoms with Crippen LogP contribution in [0.1, 0.15) is 5.69 Å². The van der Waals surface area contributed by atoms with Gasteiger partial charge in [0.2, 0.25) is 0 Å². The fraction of sp³-hybridized carbons (Fsp3) is 0.0909. The van der Waals surface area contributed by atoms with E-state index in [0.717, 1.165) is 21.4 Å². The molecule has 1 aromatic heterocycles. The quantitative estimate of drug-likeness (QED) is 0.787. The van der Waals surface area contributed by atoms with E-state index >= 15 is 0 Å². The summed E-state index contributed by atoms with van der Waals surface area (Å²) in [5, 5.41) is 1.16. The van der Waals surface area contributed by atoms with Gasteiger partial charge in [-0.05, 0) is 18.2 Å². The van der Waals surface area contributed by atoms with E-state index in [1.165, 1.54) is 0 Å². The number of hydrogen-bond acceptors (Lipinski definition) is 3. The minimum Gasteiger partial charge on any atom is -0.256 e. The Morgan fingerprint density at radius 1 is 1.12 bits per heavy atom. The lowest BCUT2D eigenvalue weighted by Gasteiger charge is -2.01. The third-order valence-electron chi connectivity index (χ3n) is 1.86. The Balaban J connectivity index is 1.99. The first kappa shape index (κ1) is 11.7. The zero-order valence-electron chi connectivity index (χ0n) is 8.23. The average molecular weight is 271 g/mol. The maximum atomic E-state index is 5.89. The molecule has 0 atom stereocenters. The van der Waals surface area contributed by atoms with Crippen LogP contribution in [0.25, 0.3) is 0 Å². The molecule has 1 aromatic carbocycles. The molecule has 0 radical (unpaired) electrons. The number of halogens is 2. The Morgan fingerprint density at radius 3 is 2.69 bits per heavy atom. The number of thioether (sulfide) groups is 1. The first-order chi connectivity index (χ1) is 7.74. The monoisotopic (exact) mass is 270 g/mol. The summed E-state index contributed by atoms with van der Waals surface area (Å²) in [6.45, 7) is 0. The van der Waals surface area contributed by atoms with Gasteiger partial charge in [-0.15, -0.1) is 11.8 Å². The molecule has 0 unspecified atom stereocenters. The Hall–Kier alpha value is -0.770. The summed E-state index contributed by atoms with van der Waals surface area (Å²) in [7, 11) is 0. The topological polar surface area (TPSA) is 25.8 Å². The third-order valence-corrected chi connectivity index (χ3v) is 3.31. The van der Waals surface area contributed by atoms with Crippen LogP contribution in [0.4, 0.5) is 0 Å². The molecule has 0 amide bonds. The number of hydrogen-bond donors (Lipinski definition) is 0. The van der Waals surface area contributed by atoms with Crippen LogP contribution >= 0.6 is 35.0 Å².